The molecule has 0 aliphatic carbocycles. The van der Waals surface area contributed by atoms with E-state index in [9.17, 15) is 10.0 Å². The summed E-state index contributed by atoms with van der Waals surface area (Å²) in [5.41, 5.74) is 3.81. The highest BCUT2D eigenvalue weighted by Gasteiger charge is 2.15. The number of rotatable bonds is 3. The van der Waals surface area contributed by atoms with Gasteiger partial charge in [-0.1, -0.05) is 55.5 Å². The largest absolute Gasteiger partial charge is 0.488 e. The fourth-order valence-electron chi connectivity index (χ4n) is 1.97. The summed E-state index contributed by atoms with van der Waals surface area (Å²) < 4.78 is 0. The van der Waals surface area contributed by atoms with E-state index in [-0.39, 0.29) is 0 Å². The molecule has 0 fully saturated rings. The molecule has 2 N–H and O–H groups in total. The van der Waals surface area contributed by atoms with Crippen LogP contribution in [-0.4, -0.2) is 17.2 Å². The number of aryl methyl sites for hydroxylation is 1. The molecule has 0 spiro atoms. The summed E-state index contributed by atoms with van der Waals surface area (Å²) in [6, 6.07) is 15.8. The third-order valence-corrected chi connectivity index (χ3v) is 2.91. The van der Waals surface area contributed by atoms with Gasteiger partial charge in [0.05, 0.1) is 0 Å². The van der Waals surface area contributed by atoms with Crippen LogP contribution in [0, 0.1) is 0 Å². The molecular formula is C14H15BO2. The third kappa shape index (κ3) is 2.57. The molecule has 0 bridgehead atoms. The van der Waals surface area contributed by atoms with Crippen molar-refractivity contribution in [2.75, 3.05) is 0 Å². The van der Waals surface area contributed by atoms with Crippen molar-refractivity contribution in [3.05, 3.63) is 54.1 Å². The van der Waals surface area contributed by atoms with Crippen LogP contribution in [0.2, 0.25) is 0 Å². The van der Waals surface area contributed by atoms with Crippen LogP contribution < -0.4 is 5.46 Å². The van der Waals surface area contributed by atoms with Gasteiger partial charge in [0.2, 0.25) is 0 Å². The summed E-state index contributed by atoms with van der Waals surface area (Å²) in [4.78, 5) is 0. The number of hydrogen-bond donors (Lipinski definition) is 2. The average Bonchev–Trinajstić information content (AvgIpc) is 2.39. The van der Waals surface area contributed by atoms with Crippen molar-refractivity contribution >= 4 is 12.6 Å². The summed E-state index contributed by atoms with van der Waals surface area (Å²) in [5.74, 6) is 0. The minimum absolute atomic E-state index is 0.590. The van der Waals surface area contributed by atoms with Gasteiger partial charge in [0, 0.05) is 0 Å². The SMILES string of the molecule is CCc1cc(-c2ccccc2)ccc1B(O)O. The number of hydrogen-bond acceptors (Lipinski definition) is 2. The molecule has 2 nitrogen and oxygen atoms in total. The van der Waals surface area contributed by atoms with Crippen molar-refractivity contribution in [1.29, 1.82) is 0 Å². The van der Waals surface area contributed by atoms with Crippen LogP contribution in [0.4, 0.5) is 0 Å². The van der Waals surface area contributed by atoms with Crippen molar-refractivity contribution in [1.82, 2.24) is 0 Å². The average molecular weight is 226 g/mol. The molecule has 0 radical (unpaired) electrons. The molecule has 0 saturated heterocycles. The van der Waals surface area contributed by atoms with Gasteiger partial charge in [-0.05, 0) is 28.6 Å². The molecule has 0 amide bonds. The first-order valence-electron chi connectivity index (χ1n) is 5.76. The van der Waals surface area contributed by atoms with E-state index >= 15 is 0 Å². The summed E-state index contributed by atoms with van der Waals surface area (Å²) in [7, 11) is -1.39. The lowest BCUT2D eigenvalue weighted by Gasteiger charge is -2.10. The molecule has 2 aromatic rings. The lowest BCUT2D eigenvalue weighted by Crippen LogP contribution is -2.32. The normalized spacial score (nSPS) is 10.3. The Morgan fingerprint density at radius 3 is 2.24 bits per heavy atom. The Kier molecular flexibility index (Phi) is 3.62. The Morgan fingerprint density at radius 1 is 0.941 bits per heavy atom. The van der Waals surface area contributed by atoms with E-state index in [0.717, 1.165) is 23.1 Å². The fourth-order valence-corrected chi connectivity index (χ4v) is 1.97. The van der Waals surface area contributed by atoms with Crippen molar-refractivity contribution in [3.8, 4) is 11.1 Å². The van der Waals surface area contributed by atoms with Gasteiger partial charge in [-0.15, -0.1) is 0 Å². The highest BCUT2D eigenvalue weighted by atomic mass is 16.4. The Labute approximate surface area is 102 Å². The second-order valence-corrected chi connectivity index (χ2v) is 4.01. The summed E-state index contributed by atoms with van der Waals surface area (Å²) in [5, 5.41) is 18.5. The molecule has 0 saturated carbocycles. The van der Waals surface area contributed by atoms with Gasteiger partial charge in [-0.2, -0.15) is 0 Å². The molecule has 2 aromatic carbocycles. The first-order valence-corrected chi connectivity index (χ1v) is 5.76. The Hall–Kier alpha value is -1.58. The predicted molar refractivity (Wildman–Crippen MR) is 71.1 cm³/mol. The minimum Gasteiger partial charge on any atom is -0.423 e. The van der Waals surface area contributed by atoms with E-state index in [1.54, 1.807) is 6.07 Å². The maximum atomic E-state index is 9.25. The lowest BCUT2D eigenvalue weighted by atomic mass is 9.75. The summed E-state index contributed by atoms with van der Waals surface area (Å²) >= 11 is 0. The van der Waals surface area contributed by atoms with Gasteiger partial charge in [0.25, 0.3) is 0 Å². The van der Waals surface area contributed by atoms with Crippen LogP contribution in [0.1, 0.15) is 12.5 Å². The van der Waals surface area contributed by atoms with Crippen LogP contribution in [0.25, 0.3) is 11.1 Å². The highest BCUT2D eigenvalue weighted by Crippen LogP contribution is 2.19. The monoisotopic (exact) mass is 226 g/mol. The molecule has 0 aliphatic heterocycles. The fraction of sp³-hybridized carbons (Fsp3) is 0.143. The van der Waals surface area contributed by atoms with Crippen LogP contribution in [0.5, 0.6) is 0 Å². The Bertz CT molecular complexity index is 495. The molecule has 86 valence electrons. The zero-order valence-corrected chi connectivity index (χ0v) is 9.80. The maximum absolute atomic E-state index is 9.25. The molecular weight excluding hydrogens is 211 g/mol. The highest BCUT2D eigenvalue weighted by molar-refractivity contribution is 6.59. The molecule has 0 aliphatic rings. The second-order valence-electron chi connectivity index (χ2n) is 4.01. The van der Waals surface area contributed by atoms with E-state index in [1.165, 1.54) is 0 Å². The van der Waals surface area contributed by atoms with Gasteiger partial charge >= 0.3 is 7.12 Å². The van der Waals surface area contributed by atoms with E-state index in [2.05, 4.69) is 0 Å². The molecule has 17 heavy (non-hydrogen) atoms. The Morgan fingerprint density at radius 2 is 1.65 bits per heavy atom. The van der Waals surface area contributed by atoms with E-state index < -0.39 is 7.12 Å². The molecule has 2 rings (SSSR count). The Balaban J connectivity index is 2.45. The summed E-state index contributed by atoms with van der Waals surface area (Å²) in [6.45, 7) is 2.01. The smallest absolute Gasteiger partial charge is 0.423 e. The van der Waals surface area contributed by atoms with Crippen LogP contribution in [0.3, 0.4) is 0 Å². The van der Waals surface area contributed by atoms with Gasteiger partial charge in [0.15, 0.2) is 0 Å². The van der Waals surface area contributed by atoms with Gasteiger partial charge < -0.3 is 10.0 Å². The van der Waals surface area contributed by atoms with Crippen molar-refractivity contribution in [3.63, 3.8) is 0 Å². The van der Waals surface area contributed by atoms with Crippen LogP contribution in [0.15, 0.2) is 48.5 Å². The van der Waals surface area contributed by atoms with Gasteiger partial charge in [0.1, 0.15) is 0 Å². The predicted octanol–water partition coefficient (Wildman–Crippen LogP) is 1.60. The summed E-state index contributed by atoms with van der Waals surface area (Å²) in [6.07, 6.45) is 0.785. The molecule has 0 aromatic heterocycles. The quantitative estimate of drug-likeness (QED) is 0.780. The molecule has 0 atom stereocenters. The standard InChI is InChI=1S/C14H15BO2/c1-2-11-10-13(8-9-14(11)15(16)17)12-6-4-3-5-7-12/h3-10,16-17H,2H2,1H3. The number of benzene rings is 2. The van der Waals surface area contributed by atoms with E-state index in [0.29, 0.717) is 5.46 Å². The molecule has 0 unspecified atom stereocenters. The van der Waals surface area contributed by atoms with Crippen molar-refractivity contribution in [2.45, 2.75) is 13.3 Å². The third-order valence-electron chi connectivity index (χ3n) is 2.91. The zero-order chi connectivity index (χ0) is 12.3. The first-order chi connectivity index (χ1) is 8.22. The first kappa shape index (κ1) is 11.9. The molecule has 0 heterocycles. The van der Waals surface area contributed by atoms with Gasteiger partial charge in [-0.25, -0.2) is 0 Å². The minimum atomic E-state index is -1.39. The van der Waals surface area contributed by atoms with Crippen molar-refractivity contribution in [2.24, 2.45) is 0 Å². The lowest BCUT2D eigenvalue weighted by molar-refractivity contribution is 0.425. The van der Waals surface area contributed by atoms with E-state index in [1.807, 2.05) is 49.4 Å². The van der Waals surface area contributed by atoms with E-state index in [4.69, 9.17) is 0 Å². The van der Waals surface area contributed by atoms with Crippen LogP contribution >= 0.6 is 0 Å². The van der Waals surface area contributed by atoms with Crippen molar-refractivity contribution < 1.29 is 10.0 Å². The zero-order valence-electron chi connectivity index (χ0n) is 9.80. The second kappa shape index (κ2) is 5.17. The topological polar surface area (TPSA) is 40.5 Å². The van der Waals surface area contributed by atoms with Gasteiger partial charge in [-0.3, -0.25) is 0 Å². The molecule has 3 heteroatoms. The maximum Gasteiger partial charge on any atom is 0.488 e. The van der Waals surface area contributed by atoms with Crippen LogP contribution in [-0.2, 0) is 6.42 Å².